The van der Waals surface area contributed by atoms with Gasteiger partial charge in [0, 0.05) is 24.4 Å². The van der Waals surface area contributed by atoms with Crippen LogP contribution >= 0.6 is 0 Å². The predicted octanol–water partition coefficient (Wildman–Crippen LogP) is 8.15. The van der Waals surface area contributed by atoms with Crippen molar-refractivity contribution in [3.63, 3.8) is 0 Å². The van der Waals surface area contributed by atoms with Crippen molar-refractivity contribution in [1.82, 2.24) is 5.32 Å². The molecule has 0 amide bonds. The molecular formula is C33H37FN4. The number of anilines is 1. The van der Waals surface area contributed by atoms with Gasteiger partial charge in [-0.1, -0.05) is 74.5 Å². The summed E-state index contributed by atoms with van der Waals surface area (Å²) in [6, 6.07) is 23.6. The minimum Gasteiger partial charge on any atom is -0.385 e. The van der Waals surface area contributed by atoms with Crippen molar-refractivity contribution in [2.45, 2.75) is 46.1 Å². The first-order valence-corrected chi connectivity index (χ1v) is 13.2. The maximum atomic E-state index is 13.3. The van der Waals surface area contributed by atoms with Crippen molar-refractivity contribution in [1.29, 1.82) is 0 Å². The fraction of sp³-hybridized carbons (Fsp3) is 0.273. The van der Waals surface area contributed by atoms with Crippen molar-refractivity contribution in [2.75, 3.05) is 11.9 Å². The number of hydrogen-bond acceptors (Lipinski definition) is 4. The number of halogens is 1. The van der Waals surface area contributed by atoms with E-state index < -0.39 is 0 Å². The Kier molecular flexibility index (Phi) is 8.90. The molecule has 1 heterocycles. The molecule has 38 heavy (non-hydrogen) atoms. The fourth-order valence-corrected chi connectivity index (χ4v) is 4.47. The van der Waals surface area contributed by atoms with E-state index in [1.54, 1.807) is 12.1 Å². The molecule has 0 bridgehead atoms. The van der Waals surface area contributed by atoms with Gasteiger partial charge < -0.3 is 10.6 Å². The Morgan fingerprint density at radius 2 is 1.45 bits per heavy atom. The van der Waals surface area contributed by atoms with Gasteiger partial charge in [0.25, 0.3) is 0 Å². The van der Waals surface area contributed by atoms with Gasteiger partial charge in [-0.05, 0) is 72.2 Å². The minimum atomic E-state index is -0.249. The number of nitrogens with one attached hydrogen (secondary N) is 2. The Balaban J connectivity index is 1.40. The van der Waals surface area contributed by atoms with Gasteiger partial charge in [-0.2, -0.15) is 10.2 Å². The second-order valence-electron chi connectivity index (χ2n) is 10.4. The highest BCUT2D eigenvalue weighted by Gasteiger charge is 2.18. The van der Waals surface area contributed by atoms with Crippen LogP contribution in [0.5, 0.6) is 0 Å². The standard InChI is InChI=1S/C33H37FN4/c1-22(2)18-19-35-24(5)25-12-16-30(17-13-25)36-31(20-23(3)4)26-6-8-27(9-7-26)32-21-33(38-37-32)28-10-14-29(34)15-11-28/h6-17,23,31,35-36H,1,5,18-21H2,2-4H3. The molecule has 0 saturated carbocycles. The van der Waals surface area contributed by atoms with Gasteiger partial charge in [0.2, 0.25) is 0 Å². The molecule has 2 N–H and O–H groups in total. The maximum absolute atomic E-state index is 13.3. The monoisotopic (exact) mass is 508 g/mol. The zero-order chi connectivity index (χ0) is 27.1. The molecule has 3 aromatic carbocycles. The largest absolute Gasteiger partial charge is 0.385 e. The van der Waals surface area contributed by atoms with Crippen molar-refractivity contribution in [3.05, 3.63) is 120 Å². The normalized spacial score (nSPS) is 13.6. The number of hydrogen-bond donors (Lipinski definition) is 2. The fourth-order valence-electron chi connectivity index (χ4n) is 4.47. The molecule has 3 aromatic rings. The van der Waals surface area contributed by atoms with E-state index in [2.05, 4.69) is 96.4 Å². The Morgan fingerprint density at radius 3 is 2.00 bits per heavy atom. The van der Waals surface area contributed by atoms with E-state index in [1.165, 1.54) is 17.7 Å². The lowest BCUT2D eigenvalue weighted by Gasteiger charge is -2.23. The highest BCUT2D eigenvalue weighted by molar-refractivity contribution is 6.20. The van der Waals surface area contributed by atoms with Crippen LogP contribution in [0, 0.1) is 11.7 Å². The molecular weight excluding hydrogens is 471 g/mol. The molecule has 4 rings (SSSR count). The van der Waals surface area contributed by atoms with E-state index in [1.807, 2.05) is 6.92 Å². The Hall–Kier alpha value is -3.99. The summed E-state index contributed by atoms with van der Waals surface area (Å²) in [5, 5.41) is 15.9. The zero-order valence-corrected chi connectivity index (χ0v) is 22.6. The third kappa shape index (κ3) is 7.28. The Morgan fingerprint density at radius 1 is 0.868 bits per heavy atom. The first kappa shape index (κ1) is 27.1. The highest BCUT2D eigenvalue weighted by atomic mass is 19.1. The zero-order valence-electron chi connectivity index (χ0n) is 22.6. The molecule has 4 nitrogen and oxygen atoms in total. The molecule has 0 fully saturated rings. The summed E-state index contributed by atoms with van der Waals surface area (Å²) in [6.07, 6.45) is 2.58. The smallest absolute Gasteiger partial charge is 0.123 e. The van der Waals surface area contributed by atoms with Crippen molar-refractivity contribution in [2.24, 2.45) is 16.1 Å². The number of benzene rings is 3. The molecule has 1 aliphatic rings. The molecule has 196 valence electrons. The van der Waals surface area contributed by atoms with Crippen LogP contribution in [-0.2, 0) is 0 Å². The van der Waals surface area contributed by atoms with Crippen LogP contribution in [0.25, 0.3) is 5.70 Å². The van der Waals surface area contributed by atoms with Crippen LogP contribution in [0.4, 0.5) is 10.1 Å². The average molecular weight is 509 g/mol. The molecule has 0 saturated heterocycles. The molecule has 0 aromatic heterocycles. The molecule has 5 heteroatoms. The van der Waals surface area contributed by atoms with Gasteiger partial charge >= 0.3 is 0 Å². The summed E-state index contributed by atoms with van der Waals surface area (Å²) in [5.74, 6) is 0.288. The summed E-state index contributed by atoms with van der Waals surface area (Å²) in [6.45, 7) is 15.5. The maximum Gasteiger partial charge on any atom is 0.123 e. The van der Waals surface area contributed by atoms with Gasteiger partial charge in [-0.15, -0.1) is 6.58 Å². The third-order valence-corrected chi connectivity index (χ3v) is 6.62. The topological polar surface area (TPSA) is 48.8 Å². The number of rotatable bonds is 12. The second-order valence-corrected chi connectivity index (χ2v) is 10.4. The Labute approximate surface area is 226 Å². The summed E-state index contributed by atoms with van der Waals surface area (Å²) in [7, 11) is 0. The van der Waals surface area contributed by atoms with Crippen molar-refractivity contribution >= 4 is 22.8 Å². The molecule has 0 radical (unpaired) electrons. The van der Waals surface area contributed by atoms with E-state index in [0.717, 1.165) is 64.5 Å². The third-order valence-electron chi connectivity index (χ3n) is 6.62. The lowest BCUT2D eigenvalue weighted by molar-refractivity contribution is 0.531. The first-order valence-electron chi connectivity index (χ1n) is 13.2. The molecule has 0 spiro atoms. The average Bonchev–Trinajstić information content (AvgIpc) is 3.39. The highest BCUT2D eigenvalue weighted by Crippen LogP contribution is 2.28. The second kappa shape index (κ2) is 12.5. The lowest BCUT2D eigenvalue weighted by Crippen LogP contribution is -2.14. The summed E-state index contributed by atoms with van der Waals surface area (Å²) >= 11 is 0. The molecule has 1 unspecified atom stereocenters. The summed E-state index contributed by atoms with van der Waals surface area (Å²) < 4.78 is 13.3. The SMILES string of the molecule is C=C(C)CCNC(=C)c1ccc(NC(CC(C)C)c2ccc(C3=NN=C(c4ccc(F)cc4)C3)cc2)cc1. The lowest BCUT2D eigenvalue weighted by atomic mass is 9.94. The van der Waals surface area contributed by atoms with E-state index in [-0.39, 0.29) is 11.9 Å². The Bertz CT molecular complexity index is 1320. The van der Waals surface area contributed by atoms with Crippen LogP contribution in [0.15, 0.2) is 102 Å². The van der Waals surface area contributed by atoms with E-state index in [0.29, 0.717) is 12.3 Å². The molecule has 1 atom stereocenters. The van der Waals surface area contributed by atoms with Crippen LogP contribution in [0.2, 0.25) is 0 Å². The first-order chi connectivity index (χ1) is 18.3. The van der Waals surface area contributed by atoms with Crippen LogP contribution < -0.4 is 10.6 Å². The van der Waals surface area contributed by atoms with Crippen molar-refractivity contribution < 1.29 is 4.39 Å². The van der Waals surface area contributed by atoms with Crippen LogP contribution in [0.3, 0.4) is 0 Å². The van der Waals surface area contributed by atoms with Gasteiger partial charge in [0.1, 0.15) is 5.82 Å². The van der Waals surface area contributed by atoms with Gasteiger partial charge in [-0.3, -0.25) is 0 Å². The quantitative estimate of drug-likeness (QED) is 0.243. The van der Waals surface area contributed by atoms with E-state index in [4.69, 9.17) is 0 Å². The predicted molar refractivity (Wildman–Crippen MR) is 159 cm³/mol. The van der Waals surface area contributed by atoms with E-state index >= 15 is 0 Å². The van der Waals surface area contributed by atoms with E-state index in [9.17, 15) is 4.39 Å². The summed E-state index contributed by atoms with van der Waals surface area (Å²) in [5.41, 5.74) is 9.23. The molecule has 0 aliphatic carbocycles. The summed E-state index contributed by atoms with van der Waals surface area (Å²) in [4.78, 5) is 0. The van der Waals surface area contributed by atoms with Gasteiger partial charge in [-0.25, -0.2) is 4.39 Å². The van der Waals surface area contributed by atoms with Crippen LogP contribution in [-0.4, -0.2) is 18.0 Å². The number of nitrogens with zero attached hydrogens (tertiary/aromatic N) is 2. The van der Waals surface area contributed by atoms with Crippen LogP contribution in [0.1, 0.15) is 68.3 Å². The minimum absolute atomic E-state index is 0.184. The van der Waals surface area contributed by atoms with Gasteiger partial charge in [0.15, 0.2) is 0 Å². The molecule has 1 aliphatic heterocycles. The van der Waals surface area contributed by atoms with Gasteiger partial charge in [0.05, 0.1) is 17.5 Å². The van der Waals surface area contributed by atoms with Crippen molar-refractivity contribution in [3.8, 4) is 0 Å².